The maximum atomic E-state index is 5.63. The van der Waals surface area contributed by atoms with Crippen LogP contribution in [0.4, 0.5) is 0 Å². The Bertz CT molecular complexity index is 492. The van der Waals surface area contributed by atoms with Crippen molar-refractivity contribution < 1.29 is 9.15 Å². The third-order valence-electron chi connectivity index (χ3n) is 2.94. The van der Waals surface area contributed by atoms with Crippen molar-refractivity contribution in [3.8, 4) is 16.9 Å². The zero-order valence-corrected chi connectivity index (χ0v) is 10.1. The van der Waals surface area contributed by atoms with Crippen LogP contribution in [0.2, 0.25) is 0 Å². The van der Waals surface area contributed by atoms with Gasteiger partial charge in [0.1, 0.15) is 17.3 Å². The molecule has 0 saturated heterocycles. The van der Waals surface area contributed by atoms with Gasteiger partial charge in [-0.05, 0) is 44.0 Å². The lowest BCUT2D eigenvalue weighted by Crippen LogP contribution is -1.84. The van der Waals surface area contributed by atoms with Crippen LogP contribution in [0.3, 0.4) is 0 Å². The van der Waals surface area contributed by atoms with Gasteiger partial charge in [0.25, 0.3) is 0 Å². The lowest BCUT2D eigenvalue weighted by Gasteiger charge is -2.03. The van der Waals surface area contributed by atoms with Crippen LogP contribution in [0.1, 0.15) is 17.1 Å². The van der Waals surface area contributed by atoms with Gasteiger partial charge < -0.3 is 9.15 Å². The van der Waals surface area contributed by atoms with Gasteiger partial charge in [-0.3, -0.25) is 0 Å². The third-order valence-corrected chi connectivity index (χ3v) is 2.94. The minimum atomic E-state index is 0.874. The number of aryl methyl sites for hydroxylation is 2. The predicted molar refractivity (Wildman–Crippen MR) is 64.9 cm³/mol. The Hall–Kier alpha value is -1.70. The van der Waals surface area contributed by atoms with Crippen LogP contribution >= 0.6 is 0 Å². The van der Waals surface area contributed by atoms with E-state index in [9.17, 15) is 0 Å². The molecule has 0 N–H and O–H groups in total. The van der Waals surface area contributed by atoms with Crippen molar-refractivity contribution in [1.82, 2.24) is 0 Å². The van der Waals surface area contributed by atoms with E-state index in [1.54, 1.807) is 7.11 Å². The molecule has 0 radical (unpaired) electrons. The molecule has 1 aromatic heterocycles. The summed E-state index contributed by atoms with van der Waals surface area (Å²) in [7, 11) is 1.67. The first-order valence-corrected chi connectivity index (χ1v) is 5.34. The Morgan fingerprint density at radius 2 is 1.56 bits per heavy atom. The minimum absolute atomic E-state index is 0.874. The molecule has 0 aliphatic heterocycles. The van der Waals surface area contributed by atoms with E-state index < -0.39 is 0 Å². The molecule has 1 heterocycles. The van der Waals surface area contributed by atoms with Gasteiger partial charge >= 0.3 is 0 Å². The van der Waals surface area contributed by atoms with E-state index in [1.165, 1.54) is 16.7 Å². The molecule has 2 nitrogen and oxygen atoms in total. The highest BCUT2D eigenvalue weighted by molar-refractivity contribution is 5.70. The largest absolute Gasteiger partial charge is 0.497 e. The van der Waals surface area contributed by atoms with E-state index >= 15 is 0 Å². The first-order valence-electron chi connectivity index (χ1n) is 5.34. The van der Waals surface area contributed by atoms with Gasteiger partial charge in [-0.2, -0.15) is 0 Å². The first kappa shape index (κ1) is 10.8. The van der Waals surface area contributed by atoms with Gasteiger partial charge in [-0.1, -0.05) is 12.1 Å². The van der Waals surface area contributed by atoms with Crippen LogP contribution in [0, 0.1) is 20.8 Å². The van der Waals surface area contributed by atoms with Crippen molar-refractivity contribution in [2.45, 2.75) is 20.8 Å². The topological polar surface area (TPSA) is 22.4 Å². The number of methoxy groups -OCH3 is 1. The molecule has 2 aromatic rings. The standard InChI is InChI=1S/C14H16O2/c1-9-10(2)16-11(3)14(9)12-5-7-13(15-4)8-6-12/h5-8H,1-4H3. The summed E-state index contributed by atoms with van der Waals surface area (Å²) in [4.78, 5) is 0. The zero-order chi connectivity index (χ0) is 11.7. The molecule has 0 saturated carbocycles. The van der Waals surface area contributed by atoms with Crippen LogP contribution in [0.5, 0.6) is 5.75 Å². The SMILES string of the molecule is COc1ccc(-c2c(C)oc(C)c2C)cc1. The number of benzene rings is 1. The molecule has 0 aliphatic rings. The van der Waals surface area contributed by atoms with Gasteiger partial charge in [0.05, 0.1) is 7.11 Å². The van der Waals surface area contributed by atoms with Gasteiger partial charge in [0, 0.05) is 5.56 Å². The highest BCUT2D eigenvalue weighted by atomic mass is 16.5. The lowest BCUT2D eigenvalue weighted by molar-refractivity contribution is 0.415. The van der Waals surface area contributed by atoms with Crippen molar-refractivity contribution in [3.63, 3.8) is 0 Å². The zero-order valence-electron chi connectivity index (χ0n) is 10.1. The summed E-state index contributed by atoms with van der Waals surface area (Å²) in [5, 5.41) is 0. The predicted octanol–water partition coefficient (Wildman–Crippen LogP) is 3.88. The van der Waals surface area contributed by atoms with Gasteiger partial charge in [-0.25, -0.2) is 0 Å². The summed E-state index contributed by atoms with van der Waals surface area (Å²) in [5.74, 6) is 2.84. The van der Waals surface area contributed by atoms with E-state index in [4.69, 9.17) is 9.15 Å². The fourth-order valence-corrected chi connectivity index (χ4v) is 1.97. The number of hydrogen-bond acceptors (Lipinski definition) is 2. The minimum Gasteiger partial charge on any atom is -0.497 e. The van der Waals surface area contributed by atoms with Crippen LogP contribution < -0.4 is 4.74 Å². The molecule has 0 amide bonds. The van der Waals surface area contributed by atoms with Gasteiger partial charge in [-0.15, -0.1) is 0 Å². The van der Waals surface area contributed by atoms with E-state index in [0.29, 0.717) is 0 Å². The number of ether oxygens (including phenoxy) is 1. The molecule has 0 spiro atoms. The fourth-order valence-electron chi connectivity index (χ4n) is 1.97. The van der Waals surface area contributed by atoms with Crippen LogP contribution in [-0.2, 0) is 0 Å². The molecule has 0 fully saturated rings. The Morgan fingerprint density at radius 1 is 0.938 bits per heavy atom. The summed E-state index contributed by atoms with van der Waals surface area (Å²) in [5.41, 5.74) is 3.58. The fraction of sp³-hybridized carbons (Fsp3) is 0.286. The van der Waals surface area contributed by atoms with Crippen molar-refractivity contribution in [3.05, 3.63) is 41.3 Å². The Morgan fingerprint density at radius 3 is 2.00 bits per heavy atom. The average molecular weight is 216 g/mol. The molecule has 0 unspecified atom stereocenters. The Labute approximate surface area is 95.9 Å². The molecular formula is C14H16O2. The van der Waals surface area contributed by atoms with Gasteiger partial charge in [0.15, 0.2) is 0 Å². The molecule has 1 aromatic carbocycles. The smallest absolute Gasteiger partial charge is 0.118 e. The molecule has 0 atom stereocenters. The second-order valence-corrected chi connectivity index (χ2v) is 3.94. The second-order valence-electron chi connectivity index (χ2n) is 3.94. The molecular weight excluding hydrogens is 200 g/mol. The normalized spacial score (nSPS) is 10.5. The second kappa shape index (κ2) is 4.05. The van der Waals surface area contributed by atoms with Crippen molar-refractivity contribution in [2.75, 3.05) is 7.11 Å². The highest BCUT2D eigenvalue weighted by Crippen LogP contribution is 2.32. The molecule has 84 valence electrons. The summed E-state index contributed by atoms with van der Waals surface area (Å²) in [6.07, 6.45) is 0. The molecule has 2 rings (SSSR count). The molecule has 0 aliphatic carbocycles. The molecule has 0 bridgehead atoms. The van der Waals surface area contributed by atoms with Crippen LogP contribution in [0.15, 0.2) is 28.7 Å². The van der Waals surface area contributed by atoms with Gasteiger partial charge in [0.2, 0.25) is 0 Å². The monoisotopic (exact) mass is 216 g/mol. The maximum absolute atomic E-state index is 5.63. The van der Waals surface area contributed by atoms with E-state index in [0.717, 1.165) is 17.3 Å². The van der Waals surface area contributed by atoms with E-state index in [2.05, 4.69) is 19.1 Å². The summed E-state index contributed by atoms with van der Waals surface area (Å²) < 4.78 is 10.8. The number of rotatable bonds is 2. The third kappa shape index (κ3) is 1.71. The number of furan rings is 1. The average Bonchev–Trinajstić information content (AvgIpc) is 2.54. The summed E-state index contributed by atoms with van der Waals surface area (Å²) in [6.45, 7) is 6.08. The van der Waals surface area contributed by atoms with E-state index in [-0.39, 0.29) is 0 Å². The van der Waals surface area contributed by atoms with Crippen molar-refractivity contribution in [2.24, 2.45) is 0 Å². The maximum Gasteiger partial charge on any atom is 0.118 e. The first-order chi connectivity index (χ1) is 7.63. The summed E-state index contributed by atoms with van der Waals surface area (Å²) in [6, 6.07) is 8.05. The number of hydrogen-bond donors (Lipinski definition) is 0. The molecule has 2 heteroatoms. The van der Waals surface area contributed by atoms with Crippen molar-refractivity contribution >= 4 is 0 Å². The summed E-state index contributed by atoms with van der Waals surface area (Å²) >= 11 is 0. The van der Waals surface area contributed by atoms with Crippen LogP contribution in [0.25, 0.3) is 11.1 Å². The van der Waals surface area contributed by atoms with E-state index in [1.807, 2.05) is 26.0 Å². The van der Waals surface area contributed by atoms with Crippen molar-refractivity contribution in [1.29, 1.82) is 0 Å². The highest BCUT2D eigenvalue weighted by Gasteiger charge is 2.12. The lowest BCUT2D eigenvalue weighted by atomic mass is 10.0. The quantitative estimate of drug-likeness (QED) is 0.760. The molecule has 16 heavy (non-hydrogen) atoms. The Kier molecular flexibility index (Phi) is 2.73. The Balaban J connectivity index is 2.50. The van der Waals surface area contributed by atoms with Crippen LogP contribution in [-0.4, -0.2) is 7.11 Å².